The molecule has 0 radical (unpaired) electrons. The van der Waals surface area contributed by atoms with Crippen LogP contribution in [0, 0.1) is 11.8 Å². The molecule has 0 N–H and O–H groups in total. The second-order valence-corrected chi connectivity index (χ2v) is 3.60. The summed E-state index contributed by atoms with van der Waals surface area (Å²) < 4.78 is 0. The molecule has 11 heavy (non-hydrogen) atoms. The van der Waals surface area contributed by atoms with Crippen LogP contribution in [0.25, 0.3) is 0 Å². The molecule has 0 aromatic rings. The van der Waals surface area contributed by atoms with Gasteiger partial charge in [-0.25, -0.2) is 0 Å². The molecule has 0 bridgehead atoms. The minimum absolute atomic E-state index is 0.128. The van der Waals surface area contributed by atoms with Gasteiger partial charge in [0, 0.05) is 5.92 Å². The summed E-state index contributed by atoms with van der Waals surface area (Å²) in [4.78, 5) is 11.2. The van der Waals surface area contributed by atoms with E-state index in [4.69, 9.17) is 0 Å². The zero-order chi connectivity index (χ0) is 9.02. The Labute approximate surface area is 69.5 Å². The van der Waals surface area contributed by atoms with Gasteiger partial charge in [-0.1, -0.05) is 33.3 Å². The van der Waals surface area contributed by atoms with E-state index in [1.165, 1.54) is 5.57 Å². The van der Waals surface area contributed by atoms with Gasteiger partial charge in [0.1, 0.15) is 0 Å². The smallest absolute Gasteiger partial charge is 0.158 e. The van der Waals surface area contributed by atoms with Crippen molar-refractivity contribution < 1.29 is 4.79 Å². The van der Waals surface area contributed by atoms with Gasteiger partial charge in [0.25, 0.3) is 0 Å². The number of carbonyl (C=O) groups is 1. The van der Waals surface area contributed by atoms with Gasteiger partial charge in [0.2, 0.25) is 0 Å². The summed E-state index contributed by atoms with van der Waals surface area (Å²) in [5.74, 6) is 0.845. The molecule has 0 heterocycles. The molecule has 0 aliphatic rings. The van der Waals surface area contributed by atoms with E-state index in [0.29, 0.717) is 5.92 Å². The van der Waals surface area contributed by atoms with Crippen LogP contribution in [0.15, 0.2) is 11.6 Å². The van der Waals surface area contributed by atoms with Crippen molar-refractivity contribution in [1.82, 2.24) is 0 Å². The van der Waals surface area contributed by atoms with Crippen LogP contribution in [0.3, 0.4) is 0 Å². The third-order valence-corrected chi connectivity index (χ3v) is 1.85. The summed E-state index contributed by atoms with van der Waals surface area (Å²) in [6.07, 6.45) is 1.76. The highest BCUT2D eigenvalue weighted by Crippen LogP contribution is 2.09. The summed E-state index contributed by atoms with van der Waals surface area (Å²) >= 11 is 0. The monoisotopic (exact) mass is 154 g/mol. The van der Waals surface area contributed by atoms with Gasteiger partial charge in [0.05, 0.1) is 0 Å². The Balaban J connectivity index is 4.20. The summed E-state index contributed by atoms with van der Waals surface area (Å²) in [5.41, 5.74) is 1.17. The second kappa shape index (κ2) is 4.32. The Kier molecular flexibility index (Phi) is 4.09. The normalized spacial score (nSPS) is 12.8. The van der Waals surface area contributed by atoms with E-state index in [2.05, 4.69) is 13.8 Å². The maximum Gasteiger partial charge on any atom is 0.158 e. The molecule has 0 atom stereocenters. The molecule has 0 unspecified atom stereocenters. The van der Waals surface area contributed by atoms with Crippen molar-refractivity contribution in [3.05, 3.63) is 11.6 Å². The van der Waals surface area contributed by atoms with Crippen molar-refractivity contribution in [2.24, 2.45) is 11.8 Å². The number of ketones is 1. The molecule has 1 heteroatoms. The predicted octanol–water partition coefficient (Wildman–Crippen LogP) is 2.81. The maximum absolute atomic E-state index is 11.2. The molecule has 0 aliphatic heterocycles. The highest BCUT2D eigenvalue weighted by molar-refractivity contribution is 5.91. The first kappa shape index (κ1) is 10.4. The molecule has 0 saturated heterocycles. The average Bonchev–Trinajstić information content (AvgIpc) is 1.87. The molecule has 64 valence electrons. The van der Waals surface area contributed by atoms with E-state index < -0.39 is 0 Å². The van der Waals surface area contributed by atoms with Crippen LogP contribution < -0.4 is 0 Å². The van der Waals surface area contributed by atoms with Gasteiger partial charge < -0.3 is 0 Å². The maximum atomic E-state index is 11.2. The van der Waals surface area contributed by atoms with Crippen LogP contribution in [-0.2, 0) is 4.79 Å². The third kappa shape index (κ3) is 3.97. The molecule has 0 rings (SSSR count). The lowest BCUT2D eigenvalue weighted by molar-refractivity contribution is -0.117. The van der Waals surface area contributed by atoms with E-state index in [9.17, 15) is 4.79 Å². The first-order valence-corrected chi connectivity index (χ1v) is 4.17. The van der Waals surface area contributed by atoms with Crippen molar-refractivity contribution in [3.8, 4) is 0 Å². The zero-order valence-corrected chi connectivity index (χ0v) is 8.14. The Morgan fingerprint density at radius 2 is 1.55 bits per heavy atom. The van der Waals surface area contributed by atoms with Crippen molar-refractivity contribution >= 4 is 5.78 Å². The summed E-state index contributed by atoms with van der Waals surface area (Å²) in [6, 6.07) is 0. The van der Waals surface area contributed by atoms with Crippen LogP contribution >= 0.6 is 0 Å². The van der Waals surface area contributed by atoms with Gasteiger partial charge in [-0.3, -0.25) is 4.79 Å². The highest BCUT2D eigenvalue weighted by Gasteiger charge is 2.04. The fourth-order valence-corrected chi connectivity index (χ4v) is 0.558. The van der Waals surface area contributed by atoms with E-state index >= 15 is 0 Å². The topological polar surface area (TPSA) is 17.1 Å². The number of allylic oxidation sites excluding steroid dienone is 2. The Bertz CT molecular complexity index is 164. The first-order valence-electron chi connectivity index (χ1n) is 4.17. The molecule has 0 aromatic heterocycles. The molecule has 0 spiro atoms. The van der Waals surface area contributed by atoms with E-state index in [1.54, 1.807) is 6.08 Å². The van der Waals surface area contributed by atoms with Gasteiger partial charge in [0.15, 0.2) is 5.78 Å². The number of rotatable bonds is 3. The Morgan fingerprint density at radius 1 is 1.09 bits per heavy atom. The van der Waals surface area contributed by atoms with Crippen LogP contribution in [0.2, 0.25) is 0 Å². The number of hydrogen-bond donors (Lipinski definition) is 0. The standard InChI is InChI=1S/C10H18O/c1-7(2)9(5)6-10(11)8(3)4/h6-8H,1-5H3/b9-6+. The van der Waals surface area contributed by atoms with E-state index in [0.717, 1.165) is 0 Å². The van der Waals surface area contributed by atoms with Crippen LogP contribution in [-0.4, -0.2) is 5.78 Å². The van der Waals surface area contributed by atoms with Crippen LogP contribution in [0.1, 0.15) is 34.6 Å². The third-order valence-electron chi connectivity index (χ3n) is 1.85. The molecule has 1 nitrogen and oxygen atoms in total. The molecule has 0 aromatic carbocycles. The number of hydrogen-bond acceptors (Lipinski definition) is 1. The quantitative estimate of drug-likeness (QED) is 0.571. The SMILES string of the molecule is C/C(=C\C(=O)C(C)C)C(C)C. The van der Waals surface area contributed by atoms with Crippen molar-refractivity contribution in [2.75, 3.05) is 0 Å². The van der Waals surface area contributed by atoms with Crippen molar-refractivity contribution in [2.45, 2.75) is 34.6 Å². The molecular weight excluding hydrogens is 136 g/mol. The number of carbonyl (C=O) groups excluding carboxylic acids is 1. The largest absolute Gasteiger partial charge is 0.295 e. The minimum atomic E-state index is 0.128. The van der Waals surface area contributed by atoms with E-state index in [-0.39, 0.29) is 11.7 Å². The Hall–Kier alpha value is -0.590. The lowest BCUT2D eigenvalue weighted by atomic mass is 10.0. The lowest BCUT2D eigenvalue weighted by Gasteiger charge is -2.05. The molecule has 0 saturated carbocycles. The summed E-state index contributed by atoms with van der Waals surface area (Å²) in [5, 5.41) is 0. The zero-order valence-electron chi connectivity index (χ0n) is 8.14. The van der Waals surface area contributed by atoms with Crippen LogP contribution in [0.4, 0.5) is 0 Å². The minimum Gasteiger partial charge on any atom is -0.295 e. The van der Waals surface area contributed by atoms with Crippen molar-refractivity contribution in [3.63, 3.8) is 0 Å². The summed E-state index contributed by atoms with van der Waals surface area (Å²) in [6.45, 7) is 10.0. The van der Waals surface area contributed by atoms with Gasteiger partial charge >= 0.3 is 0 Å². The molecular formula is C10H18O. The molecule has 0 fully saturated rings. The lowest BCUT2D eigenvalue weighted by Crippen LogP contribution is -2.04. The second-order valence-electron chi connectivity index (χ2n) is 3.60. The van der Waals surface area contributed by atoms with Crippen LogP contribution in [0.5, 0.6) is 0 Å². The first-order chi connectivity index (χ1) is 4.95. The van der Waals surface area contributed by atoms with Crippen molar-refractivity contribution in [1.29, 1.82) is 0 Å². The fourth-order valence-electron chi connectivity index (χ4n) is 0.558. The predicted molar refractivity (Wildman–Crippen MR) is 48.4 cm³/mol. The average molecular weight is 154 g/mol. The molecule has 0 amide bonds. The highest BCUT2D eigenvalue weighted by atomic mass is 16.1. The fraction of sp³-hybridized carbons (Fsp3) is 0.700. The molecule has 0 aliphatic carbocycles. The van der Waals surface area contributed by atoms with Gasteiger partial charge in [-0.2, -0.15) is 0 Å². The van der Waals surface area contributed by atoms with E-state index in [1.807, 2.05) is 20.8 Å². The van der Waals surface area contributed by atoms with Gasteiger partial charge in [-0.15, -0.1) is 0 Å². The van der Waals surface area contributed by atoms with Gasteiger partial charge in [-0.05, 0) is 18.9 Å². The Morgan fingerprint density at radius 3 is 1.82 bits per heavy atom. The summed E-state index contributed by atoms with van der Waals surface area (Å²) in [7, 11) is 0.